The number of halogens is 1. The van der Waals surface area contributed by atoms with Gasteiger partial charge in [-0.3, -0.25) is 4.79 Å². The van der Waals surface area contributed by atoms with E-state index in [1.165, 1.54) is 12.7 Å². The lowest BCUT2D eigenvalue weighted by Gasteiger charge is -2.38. The number of carbonyl (C=O) groups excluding carboxylic acids is 1. The van der Waals surface area contributed by atoms with Crippen molar-refractivity contribution in [2.45, 2.75) is 19.3 Å². The molecule has 6 heteroatoms. The van der Waals surface area contributed by atoms with E-state index in [0.717, 1.165) is 39.0 Å². The molecule has 2 saturated heterocycles. The van der Waals surface area contributed by atoms with Crippen LogP contribution in [0.5, 0.6) is 0 Å². The van der Waals surface area contributed by atoms with Crippen LogP contribution in [0.4, 0.5) is 0 Å². The summed E-state index contributed by atoms with van der Waals surface area (Å²) < 4.78 is 4.71. The number of rotatable bonds is 1. The third kappa shape index (κ3) is 2.37. The molecule has 1 aromatic heterocycles. The normalized spacial score (nSPS) is 21.9. The van der Waals surface area contributed by atoms with Crippen LogP contribution in [0.1, 0.15) is 29.8 Å². The zero-order valence-electron chi connectivity index (χ0n) is 10.2. The molecule has 1 spiro atoms. The van der Waals surface area contributed by atoms with E-state index in [1.54, 1.807) is 6.07 Å². The lowest BCUT2D eigenvalue weighted by molar-refractivity contribution is 0.0598. The summed E-state index contributed by atoms with van der Waals surface area (Å²) >= 11 is 0. The number of nitrogens with one attached hydrogen (secondary N) is 1. The number of aromatic nitrogens is 1. The van der Waals surface area contributed by atoms with Crippen molar-refractivity contribution in [3.05, 3.63) is 18.0 Å². The summed E-state index contributed by atoms with van der Waals surface area (Å²) in [6.45, 7) is 3.91. The van der Waals surface area contributed by atoms with Gasteiger partial charge in [-0.25, -0.2) is 0 Å². The van der Waals surface area contributed by atoms with Gasteiger partial charge in [-0.05, 0) is 31.2 Å². The molecule has 1 amide bonds. The van der Waals surface area contributed by atoms with Crippen LogP contribution in [0.15, 0.2) is 16.9 Å². The van der Waals surface area contributed by atoms with Gasteiger partial charge in [0.25, 0.3) is 5.91 Å². The zero-order chi connectivity index (χ0) is 11.7. The highest BCUT2D eigenvalue weighted by atomic mass is 35.5. The maximum absolute atomic E-state index is 12.1. The van der Waals surface area contributed by atoms with E-state index in [9.17, 15) is 4.79 Å². The Morgan fingerprint density at radius 1 is 1.39 bits per heavy atom. The van der Waals surface area contributed by atoms with E-state index >= 15 is 0 Å². The molecule has 1 N–H and O–H groups in total. The van der Waals surface area contributed by atoms with Crippen molar-refractivity contribution in [3.8, 4) is 0 Å². The van der Waals surface area contributed by atoms with Crippen LogP contribution in [0.3, 0.4) is 0 Å². The molecular weight excluding hydrogens is 254 g/mol. The fourth-order valence-electron chi connectivity index (χ4n) is 2.89. The fraction of sp³-hybridized carbons (Fsp3) is 0.667. The Morgan fingerprint density at radius 3 is 2.72 bits per heavy atom. The summed E-state index contributed by atoms with van der Waals surface area (Å²) in [6, 6.07) is 1.63. The van der Waals surface area contributed by atoms with Gasteiger partial charge in [0.05, 0.1) is 0 Å². The first kappa shape index (κ1) is 13.4. The highest BCUT2D eigenvalue weighted by Crippen LogP contribution is 2.37. The van der Waals surface area contributed by atoms with Crippen molar-refractivity contribution >= 4 is 18.3 Å². The topological polar surface area (TPSA) is 58.4 Å². The number of hydrogen-bond acceptors (Lipinski definition) is 4. The lowest BCUT2D eigenvalue weighted by atomic mass is 9.78. The van der Waals surface area contributed by atoms with E-state index in [0.29, 0.717) is 11.1 Å². The third-order valence-corrected chi connectivity index (χ3v) is 4.10. The van der Waals surface area contributed by atoms with E-state index < -0.39 is 0 Å². The predicted molar refractivity (Wildman–Crippen MR) is 68.8 cm³/mol. The van der Waals surface area contributed by atoms with Gasteiger partial charge in [-0.1, -0.05) is 5.16 Å². The molecule has 0 aliphatic carbocycles. The number of carbonyl (C=O) groups is 1. The van der Waals surface area contributed by atoms with Gasteiger partial charge in [0.1, 0.15) is 6.26 Å². The monoisotopic (exact) mass is 271 g/mol. The molecule has 0 saturated carbocycles. The summed E-state index contributed by atoms with van der Waals surface area (Å²) in [5.74, 6) is -0.000411. The Kier molecular flexibility index (Phi) is 3.92. The summed E-state index contributed by atoms with van der Waals surface area (Å²) in [4.78, 5) is 13.9. The maximum Gasteiger partial charge on any atom is 0.276 e. The van der Waals surface area contributed by atoms with Gasteiger partial charge >= 0.3 is 0 Å². The summed E-state index contributed by atoms with van der Waals surface area (Å²) in [6.07, 6.45) is 4.89. The third-order valence-electron chi connectivity index (χ3n) is 4.10. The minimum Gasteiger partial charge on any atom is -0.364 e. The van der Waals surface area contributed by atoms with Crippen LogP contribution in [0.25, 0.3) is 0 Å². The molecule has 18 heavy (non-hydrogen) atoms. The fourth-order valence-corrected chi connectivity index (χ4v) is 2.89. The van der Waals surface area contributed by atoms with Crippen LogP contribution in [0.2, 0.25) is 0 Å². The lowest BCUT2D eigenvalue weighted by Crippen LogP contribution is -2.44. The van der Waals surface area contributed by atoms with Crippen molar-refractivity contribution in [2.75, 3.05) is 26.2 Å². The van der Waals surface area contributed by atoms with Gasteiger partial charge in [-0.2, -0.15) is 0 Å². The molecule has 2 fully saturated rings. The number of piperidine rings is 1. The molecule has 0 radical (unpaired) electrons. The molecule has 3 rings (SSSR count). The molecule has 0 unspecified atom stereocenters. The summed E-state index contributed by atoms with van der Waals surface area (Å²) in [5.41, 5.74) is 0.867. The van der Waals surface area contributed by atoms with E-state index in [4.69, 9.17) is 4.52 Å². The average molecular weight is 272 g/mol. The first-order valence-electron chi connectivity index (χ1n) is 6.20. The van der Waals surface area contributed by atoms with Gasteiger partial charge in [0.2, 0.25) is 0 Å². The molecule has 0 bridgehead atoms. The van der Waals surface area contributed by atoms with Gasteiger partial charge in [-0.15, -0.1) is 12.4 Å². The second-order valence-electron chi connectivity index (χ2n) is 5.10. The number of hydrogen-bond donors (Lipinski definition) is 1. The Morgan fingerprint density at radius 2 is 2.17 bits per heavy atom. The molecule has 5 nitrogen and oxygen atoms in total. The van der Waals surface area contributed by atoms with Crippen LogP contribution < -0.4 is 5.32 Å². The van der Waals surface area contributed by atoms with Crippen molar-refractivity contribution in [1.29, 1.82) is 0 Å². The quantitative estimate of drug-likeness (QED) is 0.837. The minimum atomic E-state index is -0.000411. The first-order chi connectivity index (χ1) is 8.29. The Bertz CT molecular complexity index is 391. The van der Waals surface area contributed by atoms with Gasteiger partial charge < -0.3 is 14.7 Å². The minimum absolute atomic E-state index is 0. The summed E-state index contributed by atoms with van der Waals surface area (Å²) in [5, 5.41) is 7.13. The maximum atomic E-state index is 12.1. The molecule has 1 aromatic rings. The summed E-state index contributed by atoms with van der Waals surface area (Å²) in [7, 11) is 0. The Labute approximate surface area is 112 Å². The van der Waals surface area contributed by atoms with Crippen LogP contribution in [-0.4, -0.2) is 42.1 Å². The SMILES string of the molecule is Cl.O=C(c1ccon1)N1CCC2(CCNC2)CC1. The van der Waals surface area contributed by atoms with Gasteiger partial charge in [0, 0.05) is 25.7 Å². The standard InChI is InChI=1S/C12H17N3O2.ClH/c16-11(10-1-8-17-14-10)15-6-3-12(4-7-15)2-5-13-9-12;/h1,8,13H,2-7,9H2;1H. The largest absolute Gasteiger partial charge is 0.364 e. The van der Waals surface area contributed by atoms with E-state index in [1.807, 2.05) is 4.90 Å². The van der Waals surface area contributed by atoms with Crippen LogP contribution in [-0.2, 0) is 0 Å². The smallest absolute Gasteiger partial charge is 0.276 e. The van der Waals surface area contributed by atoms with E-state index in [2.05, 4.69) is 10.5 Å². The van der Waals surface area contributed by atoms with Crippen LogP contribution >= 0.6 is 12.4 Å². The van der Waals surface area contributed by atoms with Crippen molar-refractivity contribution < 1.29 is 9.32 Å². The van der Waals surface area contributed by atoms with Crippen molar-refractivity contribution in [2.24, 2.45) is 5.41 Å². The predicted octanol–water partition coefficient (Wildman–Crippen LogP) is 1.31. The second-order valence-corrected chi connectivity index (χ2v) is 5.10. The molecule has 3 heterocycles. The van der Waals surface area contributed by atoms with E-state index in [-0.39, 0.29) is 18.3 Å². The molecule has 0 aromatic carbocycles. The highest BCUT2D eigenvalue weighted by molar-refractivity contribution is 5.92. The van der Waals surface area contributed by atoms with Crippen molar-refractivity contribution in [3.63, 3.8) is 0 Å². The number of nitrogens with zero attached hydrogens (tertiary/aromatic N) is 2. The second kappa shape index (κ2) is 5.28. The van der Waals surface area contributed by atoms with Gasteiger partial charge in [0.15, 0.2) is 5.69 Å². The zero-order valence-corrected chi connectivity index (χ0v) is 11.0. The molecule has 2 aliphatic heterocycles. The first-order valence-corrected chi connectivity index (χ1v) is 6.20. The Balaban J connectivity index is 0.00000120. The number of amides is 1. The average Bonchev–Trinajstić information content (AvgIpc) is 3.01. The Hall–Kier alpha value is -1.07. The number of likely N-dealkylation sites (tertiary alicyclic amines) is 1. The molecule has 2 aliphatic rings. The molecular formula is C12H18ClN3O2. The molecule has 0 atom stereocenters. The van der Waals surface area contributed by atoms with Crippen molar-refractivity contribution in [1.82, 2.24) is 15.4 Å². The van der Waals surface area contributed by atoms with Crippen LogP contribution in [0, 0.1) is 5.41 Å². The highest BCUT2D eigenvalue weighted by Gasteiger charge is 2.38. The molecule has 100 valence electrons.